The molecule has 2 aromatic rings. The number of nitro groups is 1. The summed E-state index contributed by atoms with van der Waals surface area (Å²) < 4.78 is 11.1. The standard InChI is InChI=1S/C18H22ClN3O4/c19-14-2-4-16(17(12-14)22(23)24)18-5-3-15(26-18)13-20-6-1-7-21-8-10-25-11-9-21/h2-5,12,20H,1,6-11,13H2. The van der Waals surface area contributed by atoms with Crippen LogP contribution < -0.4 is 5.32 Å². The first kappa shape index (κ1) is 18.8. The van der Waals surface area contributed by atoms with Crippen molar-refractivity contribution in [2.24, 2.45) is 0 Å². The van der Waals surface area contributed by atoms with E-state index in [1.807, 2.05) is 6.07 Å². The fourth-order valence-electron chi connectivity index (χ4n) is 2.95. The van der Waals surface area contributed by atoms with Crippen LogP contribution in [0.15, 0.2) is 34.7 Å². The second-order valence-corrected chi connectivity index (χ2v) is 6.61. The Bertz CT molecular complexity index is 744. The SMILES string of the molecule is O=[N+]([O-])c1cc(Cl)ccc1-c1ccc(CNCCCN2CCOCC2)o1. The molecule has 0 radical (unpaired) electrons. The molecule has 1 N–H and O–H groups in total. The van der Waals surface area contributed by atoms with Gasteiger partial charge in [-0.05, 0) is 43.8 Å². The Balaban J connectivity index is 1.50. The highest BCUT2D eigenvalue weighted by Gasteiger charge is 2.18. The van der Waals surface area contributed by atoms with Crippen molar-refractivity contribution in [2.75, 3.05) is 39.4 Å². The predicted octanol–water partition coefficient (Wildman–Crippen LogP) is 3.32. The van der Waals surface area contributed by atoms with Gasteiger partial charge in [0.2, 0.25) is 0 Å². The molecule has 1 aromatic heterocycles. The van der Waals surface area contributed by atoms with E-state index in [-0.39, 0.29) is 5.69 Å². The van der Waals surface area contributed by atoms with Crippen LogP contribution in [0, 0.1) is 10.1 Å². The van der Waals surface area contributed by atoms with Gasteiger partial charge in [0, 0.05) is 24.2 Å². The van der Waals surface area contributed by atoms with Crippen molar-refractivity contribution >= 4 is 17.3 Å². The molecule has 0 amide bonds. The number of benzene rings is 1. The summed E-state index contributed by atoms with van der Waals surface area (Å²) in [6.45, 7) is 6.16. The molecule has 0 spiro atoms. The van der Waals surface area contributed by atoms with E-state index in [0.29, 0.717) is 22.9 Å². The first-order valence-corrected chi connectivity index (χ1v) is 9.05. The molecule has 1 fully saturated rings. The van der Waals surface area contributed by atoms with Gasteiger partial charge in [-0.2, -0.15) is 0 Å². The molecule has 1 aromatic carbocycles. The van der Waals surface area contributed by atoms with E-state index in [2.05, 4.69) is 10.2 Å². The van der Waals surface area contributed by atoms with Gasteiger partial charge in [0.25, 0.3) is 5.69 Å². The average molecular weight is 380 g/mol. The van der Waals surface area contributed by atoms with Crippen molar-refractivity contribution in [3.05, 3.63) is 51.2 Å². The Morgan fingerprint density at radius 1 is 1.23 bits per heavy atom. The normalized spacial score (nSPS) is 15.3. The second-order valence-electron chi connectivity index (χ2n) is 6.17. The zero-order chi connectivity index (χ0) is 18.4. The lowest BCUT2D eigenvalue weighted by Gasteiger charge is -2.26. The number of hydrogen-bond acceptors (Lipinski definition) is 6. The lowest BCUT2D eigenvalue weighted by Crippen LogP contribution is -2.37. The van der Waals surface area contributed by atoms with Crippen LogP contribution in [0.4, 0.5) is 5.69 Å². The first-order valence-electron chi connectivity index (χ1n) is 8.67. The third-order valence-corrected chi connectivity index (χ3v) is 4.55. The van der Waals surface area contributed by atoms with E-state index in [4.69, 9.17) is 20.8 Å². The van der Waals surface area contributed by atoms with E-state index in [1.54, 1.807) is 18.2 Å². The lowest BCUT2D eigenvalue weighted by atomic mass is 10.1. The lowest BCUT2D eigenvalue weighted by molar-refractivity contribution is -0.384. The predicted molar refractivity (Wildman–Crippen MR) is 99.4 cm³/mol. The van der Waals surface area contributed by atoms with E-state index < -0.39 is 4.92 Å². The van der Waals surface area contributed by atoms with Crippen LogP contribution in [-0.4, -0.2) is 49.2 Å². The van der Waals surface area contributed by atoms with Gasteiger partial charge in [-0.15, -0.1) is 0 Å². The van der Waals surface area contributed by atoms with E-state index in [0.717, 1.165) is 51.6 Å². The molecule has 1 aliphatic rings. The van der Waals surface area contributed by atoms with E-state index >= 15 is 0 Å². The summed E-state index contributed by atoms with van der Waals surface area (Å²) >= 11 is 5.85. The molecular formula is C18H22ClN3O4. The van der Waals surface area contributed by atoms with E-state index in [9.17, 15) is 10.1 Å². The molecule has 140 valence electrons. The average Bonchev–Trinajstić information content (AvgIpc) is 3.11. The summed E-state index contributed by atoms with van der Waals surface area (Å²) in [7, 11) is 0. The van der Waals surface area contributed by atoms with Crippen LogP contribution in [0.5, 0.6) is 0 Å². The van der Waals surface area contributed by atoms with Gasteiger partial charge in [0.1, 0.15) is 11.5 Å². The number of halogens is 1. The van der Waals surface area contributed by atoms with Crippen LogP contribution in [0.25, 0.3) is 11.3 Å². The van der Waals surface area contributed by atoms with Gasteiger partial charge >= 0.3 is 0 Å². The number of furan rings is 1. The molecule has 0 unspecified atom stereocenters. The van der Waals surface area contributed by atoms with Gasteiger partial charge in [-0.3, -0.25) is 15.0 Å². The molecule has 7 nitrogen and oxygen atoms in total. The Labute approximate surface area is 157 Å². The van der Waals surface area contributed by atoms with Crippen LogP contribution >= 0.6 is 11.6 Å². The van der Waals surface area contributed by atoms with Crippen LogP contribution in [-0.2, 0) is 11.3 Å². The van der Waals surface area contributed by atoms with Crippen molar-refractivity contribution in [1.29, 1.82) is 0 Å². The van der Waals surface area contributed by atoms with Crippen molar-refractivity contribution in [3.8, 4) is 11.3 Å². The zero-order valence-corrected chi connectivity index (χ0v) is 15.2. The number of ether oxygens (including phenoxy) is 1. The highest BCUT2D eigenvalue weighted by molar-refractivity contribution is 6.30. The largest absolute Gasteiger partial charge is 0.459 e. The molecule has 8 heteroatoms. The topological polar surface area (TPSA) is 80.8 Å². The van der Waals surface area contributed by atoms with E-state index in [1.165, 1.54) is 6.07 Å². The summed E-state index contributed by atoms with van der Waals surface area (Å²) in [4.78, 5) is 13.2. The molecule has 1 aliphatic heterocycles. The first-order chi connectivity index (χ1) is 12.6. The maximum Gasteiger partial charge on any atom is 0.281 e. The third kappa shape index (κ3) is 5.04. The molecule has 26 heavy (non-hydrogen) atoms. The Morgan fingerprint density at radius 3 is 2.81 bits per heavy atom. The van der Waals surface area contributed by atoms with Crippen molar-refractivity contribution in [3.63, 3.8) is 0 Å². The van der Waals surface area contributed by atoms with Crippen LogP contribution in [0.2, 0.25) is 5.02 Å². The smallest absolute Gasteiger partial charge is 0.281 e. The monoisotopic (exact) mass is 379 g/mol. The number of rotatable bonds is 8. The molecular weight excluding hydrogens is 358 g/mol. The number of hydrogen-bond donors (Lipinski definition) is 1. The quantitative estimate of drug-likeness (QED) is 0.430. The highest BCUT2D eigenvalue weighted by Crippen LogP contribution is 2.33. The number of nitrogens with zero attached hydrogens (tertiary/aromatic N) is 2. The number of morpholine rings is 1. The van der Waals surface area contributed by atoms with Crippen LogP contribution in [0.1, 0.15) is 12.2 Å². The summed E-state index contributed by atoms with van der Waals surface area (Å²) in [6, 6.07) is 8.15. The Hall–Kier alpha value is -1.93. The van der Waals surface area contributed by atoms with Crippen LogP contribution in [0.3, 0.4) is 0 Å². The summed E-state index contributed by atoms with van der Waals surface area (Å²) in [5, 5.41) is 14.9. The maximum absolute atomic E-state index is 11.2. The minimum absolute atomic E-state index is 0.0585. The number of nitro benzene ring substituents is 1. The third-order valence-electron chi connectivity index (χ3n) is 4.31. The number of nitrogens with one attached hydrogen (secondary N) is 1. The highest BCUT2D eigenvalue weighted by atomic mass is 35.5. The minimum Gasteiger partial charge on any atom is -0.459 e. The Kier molecular flexibility index (Phi) is 6.62. The van der Waals surface area contributed by atoms with Gasteiger partial charge in [-0.1, -0.05) is 11.6 Å². The summed E-state index contributed by atoms with van der Waals surface area (Å²) in [5.41, 5.74) is 0.370. The molecule has 2 heterocycles. The fraction of sp³-hybridized carbons (Fsp3) is 0.444. The van der Waals surface area contributed by atoms with Crippen molar-refractivity contribution in [2.45, 2.75) is 13.0 Å². The van der Waals surface area contributed by atoms with Crippen molar-refractivity contribution in [1.82, 2.24) is 10.2 Å². The van der Waals surface area contributed by atoms with Gasteiger partial charge in [-0.25, -0.2) is 0 Å². The fourth-order valence-corrected chi connectivity index (χ4v) is 3.11. The molecule has 0 saturated carbocycles. The molecule has 0 bridgehead atoms. The Morgan fingerprint density at radius 2 is 2.04 bits per heavy atom. The second kappa shape index (κ2) is 9.14. The molecule has 0 atom stereocenters. The summed E-state index contributed by atoms with van der Waals surface area (Å²) in [5.74, 6) is 1.22. The van der Waals surface area contributed by atoms with Crippen molar-refractivity contribution < 1.29 is 14.1 Å². The minimum atomic E-state index is -0.451. The zero-order valence-electron chi connectivity index (χ0n) is 14.4. The molecule has 1 saturated heterocycles. The molecule has 0 aliphatic carbocycles. The van der Waals surface area contributed by atoms with Gasteiger partial charge < -0.3 is 14.5 Å². The maximum atomic E-state index is 11.2. The summed E-state index contributed by atoms with van der Waals surface area (Å²) in [6.07, 6.45) is 1.05. The van der Waals surface area contributed by atoms with Gasteiger partial charge in [0.05, 0.1) is 30.2 Å². The van der Waals surface area contributed by atoms with Gasteiger partial charge in [0.15, 0.2) is 0 Å². The molecule has 3 rings (SSSR count).